The molecule has 1 fully saturated rings. The van der Waals surface area contributed by atoms with Gasteiger partial charge in [0.1, 0.15) is 6.04 Å². The molecule has 146 valence electrons. The van der Waals surface area contributed by atoms with Crippen molar-refractivity contribution in [3.8, 4) is 0 Å². The molecule has 2 atom stereocenters. The van der Waals surface area contributed by atoms with Gasteiger partial charge < -0.3 is 16.0 Å². The van der Waals surface area contributed by atoms with Crippen molar-refractivity contribution in [2.75, 3.05) is 19.6 Å². The predicted molar refractivity (Wildman–Crippen MR) is 108 cm³/mol. The maximum absolute atomic E-state index is 12.5. The van der Waals surface area contributed by atoms with Crippen molar-refractivity contribution in [1.82, 2.24) is 16.0 Å². The Morgan fingerprint density at radius 2 is 1.92 bits per heavy atom. The fraction of sp³-hybridized carbons (Fsp3) is 0.600. The van der Waals surface area contributed by atoms with Crippen LogP contribution in [0.5, 0.6) is 0 Å². The maximum atomic E-state index is 12.5. The van der Waals surface area contributed by atoms with E-state index in [9.17, 15) is 9.59 Å². The molecule has 6 heteroatoms. The third-order valence-electron chi connectivity index (χ3n) is 4.80. The van der Waals surface area contributed by atoms with Crippen molar-refractivity contribution in [3.05, 3.63) is 35.4 Å². The zero-order valence-corrected chi connectivity index (χ0v) is 16.8. The lowest BCUT2D eigenvalue weighted by molar-refractivity contribution is -0.124. The Labute approximate surface area is 163 Å². The summed E-state index contributed by atoms with van der Waals surface area (Å²) in [6.07, 6.45) is 3.41. The number of aryl methyl sites for hydroxylation is 1. The number of piperidine rings is 1. The van der Waals surface area contributed by atoms with E-state index in [2.05, 4.69) is 16.0 Å². The Morgan fingerprint density at radius 1 is 1.23 bits per heavy atom. The van der Waals surface area contributed by atoms with Crippen LogP contribution in [0.4, 0.5) is 0 Å². The van der Waals surface area contributed by atoms with Crippen LogP contribution in [0.25, 0.3) is 0 Å². The van der Waals surface area contributed by atoms with Crippen molar-refractivity contribution >= 4 is 24.2 Å². The summed E-state index contributed by atoms with van der Waals surface area (Å²) in [4.78, 5) is 24.9. The first-order valence-electron chi connectivity index (χ1n) is 9.33. The van der Waals surface area contributed by atoms with Crippen LogP contribution in [0.2, 0.25) is 0 Å². The minimum absolute atomic E-state index is 0. The highest BCUT2D eigenvalue weighted by molar-refractivity contribution is 5.97. The Morgan fingerprint density at radius 3 is 2.50 bits per heavy atom. The number of benzene rings is 1. The summed E-state index contributed by atoms with van der Waals surface area (Å²) in [5.74, 6) is 0.365. The molecule has 3 N–H and O–H groups in total. The molecule has 1 aliphatic rings. The molecule has 26 heavy (non-hydrogen) atoms. The molecule has 0 spiro atoms. The minimum Gasteiger partial charge on any atom is -0.354 e. The normalized spacial score (nSPS) is 17.9. The molecule has 0 saturated carbocycles. The van der Waals surface area contributed by atoms with E-state index in [1.807, 2.05) is 32.9 Å². The van der Waals surface area contributed by atoms with E-state index in [1.165, 1.54) is 12.8 Å². The quantitative estimate of drug-likeness (QED) is 0.680. The van der Waals surface area contributed by atoms with Gasteiger partial charge in [-0.25, -0.2) is 0 Å². The Bertz CT molecular complexity index is 569. The smallest absolute Gasteiger partial charge is 0.251 e. The van der Waals surface area contributed by atoms with Crippen LogP contribution < -0.4 is 16.0 Å². The molecular weight excluding hydrogens is 350 g/mol. The molecule has 5 nitrogen and oxygen atoms in total. The number of hydrogen-bond acceptors (Lipinski definition) is 3. The lowest BCUT2D eigenvalue weighted by Crippen LogP contribution is -2.50. The van der Waals surface area contributed by atoms with Crippen LogP contribution in [-0.4, -0.2) is 37.5 Å². The van der Waals surface area contributed by atoms with Gasteiger partial charge in [-0.2, -0.15) is 0 Å². The van der Waals surface area contributed by atoms with Gasteiger partial charge in [0.15, 0.2) is 0 Å². The molecular formula is C20H32ClN3O2. The number of nitrogens with one attached hydrogen (secondary N) is 3. The second-order valence-corrected chi connectivity index (χ2v) is 7.35. The molecule has 0 bridgehead atoms. The first kappa shape index (κ1) is 22.5. The highest BCUT2D eigenvalue weighted by Gasteiger charge is 2.24. The molecule has 1 saturated heterocycles. The van der Waals surface area contributed by atoms with Crippen LogP contribution in [0, 0.1) is 18.8 Å². The molecule has 0 aromatic heterocycles. The van der Waals surface area contributed by atoms with Crippen LogP contribution in [0.1, 0.15) is 49.0 Å². The van der Waals surface area contributed by atoms with Gasteiger partial charge in [0.2, 0.25) is 5.91 Å². The van der Waals surface area contributed by atoms with Crippen molar-refractivity contribution in [2.24, 2.45) is 11.8 Å². The number of carbonyl (C=O) groups excluding carboxylic acids is 2. The number of halogens is 1. The third kappa shape index (κ3) is 6.96. The van der Waals surface area contributed by atoms with Crippen LogP contribution in [0.3, 0.4) is 0 Å². The number of carbonyl (C=O) groups is 2. The topological polar surface area (TPSA) is 70.2 Å². The van der Waals surface area contributed by atoms with Crippen LogP contribution in [-0.2, 0) is 4.79 Å². The standard InChI is InChI=1S/C20H31N3O2.ClH/c1-14(2)18(23-19(24)17-8-6-15(3)7-9-17)20(25)22-12-10-16-5-4-11-21-13-16;/h6-9,14,16,18,21H,4-5,10-13H2,1-3H3,(H,22,25)(H,23,24);1H. The van der Waals surface area contributed by atoms with Gasteiger partial charge >= 0.3 is 0 Å². The molecule has 0 aliphatic carbocycles. The molecule has 1 aromatic carbocycles. The second-order valence-electron chi connectivity index (χ2n) is 7.35. The SMILES string of the molecule is Cc1ccc(C(=O)NC(C(=O)NCCC2CCCNC2)C(C)C)cc1.Cl. The van der Waals surface area contributed by atoms with Crippen LogP contribution in [0.15, 0.2) is 24.3 Å². The molecule has 0 radical (unpaired) electrons. The fourth-order valence-electron chi connectivity index (χ4n) is 3.14. The van der Waals surface area contributed by atoms with Gasteiger partial charge in [-0.1, -0.05) is 31.5 Å². The Balaban J connectivity index is 0.00000338. The number of rotatable bonds is 7. The highest BCUT2D eigenvalue weighted by Crippen LogP contribution is 2.13. The first-order valence-corrected chi connectivity index (χ1v) is 9.33. The van der Waals surface area contributed by atoms with Crippen LogP contribution >= 0.6 is 12.4 Å². The molecule has 1 heterocycles. The second kappa shape index (κ2) is 11.2. The lowest BCUT2D eigenvalue weighted by Gasteiger charge is -2.24. The number of amides is 2. The lowest BCUT2D eigenvalue weighted by atomic mass is 9.96. The summed E-state index contributed by atoms with van der Waals surface area (Å²) in [5.41, 5.74) is 1.68. The average molecular weight is 382 g/mol. The summed E-state index contributed by atoms with van der Waals surface area (Å²) in [5, 5.41) is 9.27. The van der Waals surface area contributed by atoms with Crippen molar-refractivity contribution in [2.45, 2.75) is 46.1 Å². The van der Waals surface area contributed by atoms with E-state index in [4.69, 9.17) is 0 Å². The molecule has 2 amide bonds. The zero-order chi connectivity index (χ0) is 18.2. The van der Waals surface area contributed by atoms with Gasteiger partial charge in [0, 0.05) is 12.1 Å². The summed E-state index contributed by atoms with van der Waals surface area (Å²) < 4.78 is 0. The van der Waals surface area contributed by atoms with Gasteiger partial charge in [-0.3, -0.25) is 9.59 Å². The minimum atomic E-state index is -0.515. The molecule has 1 aromatic rings. The molecule has 2 rings (SSSR count). The van der Waals surface area contributed by atoms with Gasteiger partial charge in [-0.05, 0) is 63.2 Å². The summed E-state index contributed by atoms with van der Waals surface area (Å²) in [6, 6.07) is 6.86. The number of hydrogen-bond donors (Lipinski definition) is 3. The van der Waals surface area contributed by atoms with E-state index in [0.29, 0.717) is 18.0 Å². The largest absolute Gasteiger partial charge is 0.354 e. The monoisotopic (exact) mass is 381 g/mol. The zero-order valence-electron chi connectivity index (χ0n) is 16.0. The van der Waals surface area contributed by atoms with E-state index in [-0.39, 0.29) is 30.1 Å². The molecule has 2 unspecified atom stereocenters. The molecule has 1 aliphatic heterocycles. The van der Waals surface area contributed by atoms with E-state index in [0.717, 1.165) is 25.1 Å². The van der Waals surface area contributed by atoms with Gasteiger partial charge in [0.05, 0.1) is 0 Å². The first-order chi connectivity index (χ1) is 12.0. The van der Waals surface area contributed by atoms with Crippen molar-refractivity contribution in [3.63, 3.8) is 0 Å². The third-order valence-corrected chi connectivity index (χ3v) is 4.80. The van der Waals surface area contributed by atoms with E-state index >= 15 is 0 Å². The Hall–Kier alpha value is -1.59. The maximum Gasteiger partial charge on any atom is 0.251 e. The van der Waals surface area contributed by atoms with E-state index < -0.39 is 6.04 Å². The predicted octanol–water partition coefficient (Wildman–Crippen LogP) is 2.68. The summed E-state index contributed by atoms with van der Waals surface area (Å²) in [6.45, 7) is 8.68. The van der Waals surface area contributed by atoms with Crippen molar-refractivity contribution in [1.29, 1.82) is 0 Å². The van der Waals surface area contributed by atoms with Gasteiger partial charge in [-0.15, -0.1) is 12.4 Å². The van der Waals surface area contributed by atoms with Gasteiger partial charge in [0.25, 0.3) is 5.91 Å². The summed E-state index contributed by atoms with van der Waals surface area (Å²) in [7, 11) is 0. The fourth-order valence-corrected chi connectivity index (χ4v) is 3.14. The average Bonchev–Trinajstić information content (AvgIpc) is 2.60. The summed E-state index contributed by atoms with van der Waals surface area (Å²) >= 11 is 0. The Kier molecular flexibility index (Phi) is 9.66. The van der Waals surface area contributed by atoms with E-state index in [1.54, 1.807) is 12.1 Å². The van der Waals surface area contributed by atoms with Crippen molar-refractivity contribution < 1.29 is 9.59 Å². The highest BCUT2D eigenvalue weighted by atomic mass is 35.5.